The van der Waals surface area contributed by atoms with E-state index < -0.39 is 0 Å². The van der Waals surface area contributed by atoms with Crippen LogP contribution in [0.2, 0.25) is 0 Å². The molecule has 0 saturated carbocycles. The van der Waals surface area contributed by atoms with Gasteiger partial charge in [0.05, 0.1) is 5.69 Å². The lowest BCUT2D eigenvalue weighted by Gasteiger charge is -2.11. The molecule has 0 fully saturated rings. The number of aryl methyl sites for hydroxylation is 2. The van der Waals surface area contributed by atoms with Crippen molar-refractivity contribution in [1.82, 2.24) is 15.0 Å². The van der Waals surface area contributed by atoms with Crippen molar-refractivity contribution in [3.63, 3.8) is 0 Å². The highest BCUT2D eigenvalue weighted by atomic mass is 16.5. The van der Waals surface area contributed by atoms with Crippen molar-refractivity contribution >= 4 is 22.6 Å². The van der Waals surface area contributed by atoms with Crippen LogP contribution in [0.15, 0.2) is 60.7 Å². The van der Waals surface area contributed by atoms with Gasteiger partial charge in [-0.15, -0.1) is 10.2 Å². The second kappa shape index (κ2) is 9.86. The molecule has 0 unspecified atom stereocenters. The number of ether oxygens (including phenoxy) is 1. The van der Waals surface area contributed by atoms with E-state index in [2.05, 4.69) is 60.6 Å². The maximum Gasteiger partial charge on any atom is 0.262 e. The molecule has 0 saturated heterocycles. The van der Waals surface area contributed by atoms with E-state index in [1.165, 1.54) is 11.1 Å². The summed E-state index contributed by atoms with van der Waals surface area (Å²) < 4.78 is 5.67. The monoisotopic (exact) mass is 442 g/mol. The molecule has 0 spiro atoms. The summed E-state index contributed by atoms with van der Waals surface area (Å²) in [5.74, 6) is 0.973. The van der Waals surface area contributed by atoms with Crippen molar-refractivity contribution < 1.29 is 9.53 Å². The molecule has 3 aromatic carbocycles. The largest absolute Gasteiger partial charge is 0.484 e. The maximum atomic E-state index is 12.5. The predicted molar refractivity (Wildman–Crippen MR) is 132 cm³/mol. The van der Waals surface area contributed by atoms with Gasteiger partial charge in [-0.05, 0) is 78.8 Å². The Bertz CT molecular complexity index is 1240. The number of carbonyl (C=O) groups excluding carboxylic acids is 1. The van der Waals surface area contributed by atoms with Crippen LogP contribution in [0.4, 0.5) is 5.69 Å². The van der Waals surface area contributed by atoms with Crippen LogP contribution in [0.3, 0.4) is 0 Å². The summed E-state index contributed by atoms with van der Waals surface area (Å²) in [6, 6.07) is 19.9. The minimum absolute atomic E-state index is 0.0589. The van der Waals surface area contributed by atoms with Crippen LogP contribution >= 0.6 is 0 Å². The Morgan fingerprint density at radius 1 is 1.00 bits per heavy atom. The first kappa shape index (κ1) is 22.5. The van der Waals surface area contributed by atoms with E-state index in [9.17, 15) is 4.79 Å². The third-order valence-electron chi connectivity index (χ3n) is 6.01. The van der Waals surface area contributed by atoms with E-state index in [-0.39, 0.29) is 12.5 Å². The fraction of sp³-hybridized carbons (Fsp3) is 0.296. The third kappa shape index (κ3) is 5.22. The number of aromatic nitrogens is 3. The van der Waals surface area contributed by atoms with Crippen LogP contribution in [0.25, 0.3) is 16.7 Å². The molecule has 1 heterocycles. The molecule has 4 rings (SSSR count). The zero-order valence-corrected chi connectivity index (χ0v) is 19.6. The molecule has 0 aliphatic carbocycles. The lowest BCUT2D eigenvalue weighted by atomic mass is 9.99. The van der Waals surface area contributed by atoms with Crippen molar-refractivity contribution in [3.05, 3.63) is 77.4 Å². The summed E-state index contributed by atoms with van der Waals surface area (Å²) in [6.07, 6.45) is 2.08. The number of carbonyl (C=O) groups is 1. The zero-order chi connectivity index (χ0) is 23.4. The third-order valence-corrected chi connectivity index (χ3v) is 6.01. The van der Waals surface area contributed by atoms with Gasteiger partial charge in [0.2, 0.25) is 0 Å². The average molecular weight is 443 g/mol. The van der Waals surface area contributed by atoms with Gasteiger partial charge in [-0.3, -0.25) is 4.79 Å². The first-order valence-corrected chi connectivity index (χ1v) is 11.5. The smallest absolute Gasteiger partial charge is 0.262 e. The molecule has 0 aliphatic heterocycles. The van der Waals surface area contributed by atoms with Gasteiger partial charge in [0.1, 0.15) is 16.8 Å². The molecular weight excluding hydrogens is 412 g/mol. The normalized spacial score (nSPS) is 12.0. The summed E-state index contributed by atoms with van der Waals surface area (Å²) in [5, 5.41) is 12.1. The van der Waals surface area contributed by atoms with Gasteiger partial charge in [0, 0.05) is 5.69 Å². The summed E-state index contributed by atoms with van der Waals surface area (Å²) in [4.78, 5) is 14.1. The van der Waals surface area contributed by atoms with Crippen molar-refractivity contribution in [2.75, 3.05) is 11.9 Å². The van der Waals surface area contributed by atoms with Crippen LogP contribution < -0.4 is 10.1 Å². The van der Waals surface area contributed by atoms with E-state index >= 15 is 0 Å². The molecule has 1 aromatic heterocycles. The number of rotatable bonds is 8. The molecule has 1 amide bonds. The number of hydrogen-bond donors (Lipinski definition) is 1. The maximum absolute atomic E-state index is 12.5. The highest BCUT2D eigenvalue weighted by molar-refractivity contribution is 5.95. The Kier molecular flexibility index (Phi) is 6.73. The molecule has 0 bridgehead atoms. The lowest BCUT2D eigenvalue weighted by molar-refractivity contribution is -0.118. The fourth-order valence-electron chi connectivity index (χ4n) is 3.65. The highest BCUT2D eigenvalue weighted by Gasteiger charge is 2.12. The van der Waals surface area contributed by atoms with E-state index in [0.29, 0.717) is 17.4 Å². The number of benzene rings is 3. The Morgan fingerprint density at radius 2 is 1.67 bits per heavy atom. The molecule has 6 nitrogen and oxygen atoms in total. The number of anilines is 1. The number of hydrogen-bond acceptors (Lipinski definition) is 4. The van der Waals surface area contributed by atoms with Crippen LogP contribution in [-0.4, -0.2) is 27.5 Å². The van der Waals surface area contributed by atoms with E-state index in [1.54, 1.807) is 4.80 Å². The summed E-state index contributed by atoms with van der Waals surface area (Å²) in [5.41, 5.74) is 6.57. The number of fused-ring (bicyclic) bond motifs is 1. The van der Waals surface area contributed by atoms with Crippen molar-refractivity contribution in [2.45, 2.75) is 46.5 Å². The average Bonchev–Trinajstić information content (AvgIpc) is 3.25. The minimum Gasteiger partial charge on any atom is -0.484 e. The first-order chi connectivity index (χ1) is 16.0. The van der Waals surface area contributed by atoms with Gasteiger partial charge in [0.15, 0.2) is 6.61 Å². The van der Waals surface area contributed by atoms with Crippen LogP contribution in [0.1, 0.15) is 49.8 Å². The quantitative estimate of drug-likeness (QED) is 0.373. The molecule has 0 aliphatic rings. The van der Waals surface area contributed by atoms with Crippen molar-refractivity contribution in [3.8, 4) is 11.4 Å². The Hall–Kier alpha value is -3.67. The summed E-state index contributed by atoms with van der Waals surface area (Å²) in [6.45, 7) is 8.38. The van der Waals surface area contributed by atoms with Gasteiger partial charge in [-0.2, -0.15) is 4.80 Å². The van der Waals surface area contributed by atoms with Gasteiger partial charge in [0.25, 0.3) is 5.91 Å². The van der Waals surface area contributed by atoms with Gasteiger partial charge in [-0.25, -0.2) is 0 Å². The Balaban J connectivity index is 1.43. The molecule has 4 aromatic rings. The highest BCUT2D eigenvalue weighted by Crippen LogP contribution is 2.23. The van der Waals surface area contributed by atoms with Crippen molar-refractivity contribution in [2.24, 2.45) is 0 Å². The van der Waals surface area contributed by atoms with Crippen LogP contribution in [0.5, 0.6) is 5.75 Å². The molecule has 1 atom stereocenters. The summed E-state index contributed by atoms with van der Waals surface area (Å²) in [7, 11) is 0. The van der Waals surface area contributed by atoms with Gasteiger partial charge >= 0.3 is 0 Å². The Morgan fingerprint density at radius 3 is 2.30 bits per heavy atom. The second-order valence-electron chi connectivity index (χ2n) is 8.38. The molecule has 0 radical (unpaired) electrons. The summed E-state index contributed by atoms with van der Waals surface area (Å²) >= 11 is 0. The Labute approximate surface area is 194 Å². The standard InChI is InChI=1S/C27H30N4O2/c1-5-18(3)21-9-13-23(14-10-21)33-17-27(32)28-24-16-26-25(15-19(24)4)29-31(30-26)22-11-7-20(6-2)8-12-22/h7-16,18H,5-6,17H2,1-4H3,(H,28,32)/t18-/m1/s1. The van der Waals surface area contributed by atoms with Crippen molar-refractivity contribution in [1.29, 1.82) is 0 Å². The van der Waals surface area contributed by atoms with E-state index in [4.69, 9.17) is 4.74 Å². The molecule has 170 valence electrons. The minimum atomic E-state index is -0.217. The van der Waals surface area contributed by atoms with Gasteiger partial charge in [-0.1, -0.05) is 45.0 Å². The SMILES string of the molecule is CCc1ccc(-n2nc3cc(C)c(NC(=O)COc4ccc([C@H](C)CC)cc4)cc3n2)cc1. The van der Waals surface area contributed by atoms with Crippen LogP contribution in [0, 0.1) is 6.92 Å². The lowest BCUT2D eigenvalue weighted by Crippen LogP contribution is -2.20. The number of nitrogens with zero attached hydrogens (tertiary/aromatic N) is 3. The predicted octanol–water partition coefficient (Wildman–Crippen LogP) is 5.82. The molecular formula is C27H30N4O2. The van der Waals surface area contributed by atoms with E-state index in [0.717, 1.165) is 35.1 Å². The number of amides is 1. The first-order valence-electron chi connectivity index (χ1n) is 11.5. The molecule has 1 N–H and O–H groups in total. The fourth-order valence-corrected chi connectivity index (χ4v) is 3.65. The molecule has 6 heteroatoms. The number of nitrogens with one attached hydrogen (secondary N) is 1. The van der Waals surface area contributed by atoms with Crippen LogP contribution in [-0.2, 0) is 11.2 Å². The topological polar surface area (TPSA) is 69.0 Å². The molecule has 33 heavy (non-hydrogen) atoms. The van der Waals surface area contributed by atoms with E-state index in [1.807, 2.05) is 43.3 Å². The zero-order valence-electron chi connectivity index (χ0n) is 19.6. The van der Waals surface area contributed by atoms with Gasteiger partial charge < -0.3 is 10.1 Å². The second-order valence-corrected chi connectivity index (χ2v) is 8.38.